The lowest BCUT2D eigenvalue weighted by Gasteiger charge is -2.21. The fourth-order valence-electron chi connectivity index (χ4n) is 2.35. The van der Waals surface area contributed by atoms with Crippen molar-refractivity contribution in [3.8, 4) is 0 Å². The minimum absolute atomic E-state index is 0.158. The molecule has 0 amide bonds. The van der Waals surface area contributed by atoms with Gasteiger partial charge in [0.2, 0.25) is 0 Å². The maximum absolute atomic E-state index is 11.4. The molecule has 108 valence electrons. The van der Waals surface area contributed by atoms with Crippen molar-refractivity contribution in [3.63, 3.8) is 0 Å². The average Bonchev–Trinajstić information content (AvgIpc) is 2.97. The summed E-state index contributed by atoms with van der Waals surface area (Å²) in [5, 5.41) is 5.47. The predicted octanol–water partition coefficient (Wildman–Crippen LogP) is 1.35. The third-order valence-corrected chi connectivity index (χ3v) is 6.13. The van der Waals surface area contributed by atoms with E-state index in [1.165, 1.54) is 4.88 Å². The van der Waals surface area contributed by atoms with Crippen LogP contribution in [0.2, 0.25) is 0 Å². The summed E-state index contributed by atoms with van der Waals surface area (Å²) in [4.78, 5) is 3.76. The normalized spacial score (nSPS) is 22.1. The third kappa shape index (κ3) is 4.87. The largest absolute Gasteiger partial charge is 0.312 e. The van der Waals surface area contributed by atoms with E-state index in [9.17, 15) is 8.42 Å². The topological polar surface area (TPSA) is 49.4 Å². The van der Waals surface area contributed by atoms with Crippen molar-refractivity contribution in [1.29, 1.82) is 0 Å². The first-order valence-electron chi connectivity index (χ1n) is 6.77. The van der Waals surface area contributed by atoms with Crippen LogP contribution in [0.5, 0.6) is 0 Å². The fraction of sp³-hybridized carbons (Fsp3) is 0.692. The van der Waals surface area contributed by atoms with Crippen molar-refractivity contribution < 1.29 is 8.42 Å². The summed E-state index contributed by atoms with van der Waals surface area (Å²) in [5.41, 5.74) is 0. The van der Waals surface area contributed by atoms with Gasteiger partial charge in [0.1, 0.15) is 0 Å². The van der Waals surface area contributed by atoms with Gasteiger partial charge in [-0.25, -0.2) is 8.42 Å². The number of nitrogens with zero attached hydrogens (tertiary/aromatic N) is 1. The molecule has 0 saturated carbocycles. The SMILES string of the molecule is CCN(CCNC1CCS(=O)(=O)C1)Cc1cccs1. The summed E-state index contributed by atoms with van der Waals surface area (Å²) >= 11 is 1.78. The van der Waals surface area contributed by atoms with E-state index in [2.05, 4.69) is 34.7 Å². The van der Waals surface area contributed by atoms with Gasteiger partial charge in [-0.2, -0.15) is 0 Å². The van der Waals surface area contributed by atoms with Gasteiger partial charge in [0.15, 0.2) is 9.84 Å². The molecule has 1 fully saturated rings. The molecule has 1 aliphatic heterocycles. The minimum atomic E-state index is -2.77. The maximum atomic E-state index is 11.4. The number of thiophene rings is 1. The second-order valence-electron chi connectivity index (χ2n) is 5.00. The van der Waals surface area contributed by atoms with E-state index < -0.39 is 9.84 Å². The van der Waals surface area contributed by atoms with Gasteiger partial charge in [-0.3, -0.25) is 4.90 Å². The highest BCUT2D eigenvalue weighted by Crippen LogP contribution is 2.12. The molecule has 2 rings (SSSR count). The predicted molar refractivity (Wildman–Crippen MR) is 80.3 cm³/mol. The van der Waals surface area contributed by atoms with Crippen LogP contribution in [0.1, 0.15) is 18.2 Å². The van der Waals surface area contributed by atoms with E-state index in [-0.39, 0.29) is 6.04 Å². The van der Waals surface area contributed by atoms with Crippen LogP contribution in [0.15, 0.2) is 17.5 Å². The van der Waals surface area contributed by atoms with Gasteiger partial charge >= 0.3 is 0 Å². The molecule has 1 aromatic heterocycles. The van der Waals surface area contributed by atoms with Gasteiger partial charge in [-0.1, -0.05) is 13.0 Å². The first kappa shape index (κ1) is 15.0. The lowest BCUT2D eigenvalue weighted by molar-refractivity contribution is 0.277. The van der Waals surface area contributed by atoms with Crippen molar-refractivity contribution in [2.24, 2.45) is 0 Å². The number of hydrogen-bond donors (Lipinski definition) is 1. The zero-order valence-electron chi connectivity index (χ0n) is 11.3. The van der Waals surface area contributed by atoms with Gasteiger partial charge < -0.3 is 5.32 Å². The van der Waals surface area contributed by atoms with Crippen LogP contribution in [0.3, 0.4) is 0 Å². The van der Waals surface area contributed by atoms with E-state index in [1.807, 2.05) is 0 Å². The number of rotatable bonds is 7. The maximum Gasteiger partial charge on any atom is 0.151 e. The van der Waals surface area contributed by atoms with Gasteiger partial charge in [0.25, 0.3) is 0 Å². The Balaban J connectivity index is 1.69. The summed E-state index contributed by atoms with van der Waals surface area (Å²) in [6.45, 7) is 5.99. The van der Waals surface area contributed by atoms with E-state index >= 15 is 0 Å². The number of nitrogens with one attached hydrogen (secondary N) is 1. The summed E-state index contributed by atoms with van der Waals surface area (Å²) in [5.74, 6) is 0.654. The van der Waals surface area contributed by atoms with Gasteiger partial charge in [-0.15, -0.1) is 11.3 Å². The van der Waals surface area contributed by atoms with Gasteiger partial charge in [0.05, 0.1) is 11.5 Å². The molecule has 4 nitrogen and oxygen atoms in total. The van der Waals surface area contributed by atoms with Crippen LogP contribution in [-0.2, 0) is 16.4 Å². The van der Waals surface area contributed by atoms with Crippen molar-refractivity contribution >= 4 is 21.2 Å². The molecule has 6 heteroatoms. The van der Waals surface area contributed by atoms with Crippen molar-refractivity contribution in [1.82, 2.24) is 10.2 Å². The molecule has 1 unspecified atom stereocenters. The van der Waals surface area contributed by atoms with Crippen molar-refractivity contribution in [2.75, 3.05) is 31.1 Å². The molecule has 1 aliphatic rings. The Morgan fingerprint density at radius 1 is 1.53 bits per heavy atom. The molecule has 1 N–H and O–H groups in total. The highest BCUT2D eigenvalue weighted by Gasteiger charge is 2.27. The van der Waals surface area contributed by atoms with Crippen molar-refractivity contribution in [2.45, 2.75) is 25.9 Å². The summed E-state index contributed by atoms with van der Waals surface area (Å²) in [7, 11) is -2.77. The molecule has 0 aromatic carbocycles. The molecular formula is C13H22N2O2S2. The first-order chi connectivity index (χ1) is 9.09. The van der Waals surface area contributed by atoms with E-state index in [1.54, 1.807) is 11.3 Å². The standard InChI is InChI=1S/C13H22N2O2S2/c1-2-15(10-13-4-3-8-18-13)7-6-14-12-5-9-19(16,17)11-12/h3-4,8,12,14H,2,5-7,9-11H2,1H3. The number of sulfone groups is 1. The average molecular weight is 302 g/mol. The van der Waals surface area contributed by atoms with E-state index in [4.69, 9.17) is 0 Å². The summed E-state index contributed by atoms with van der Waals surface area (Å²) in [6.07, 6.45) is 0.763. The molecule has 2 heterocycles. The molecule has 0 spiro atoms. The van der Waals surface area contributed by atoms with Crippen LogP contribution < -0.4 is 5.32 Å². The van der Waals surface area contributed by atoms with E-state index in [0.29, 0.717) is 11.5 Å². The Kier molecular flexibility index (Phi) is 5.38. The quantitative estimate of drug-likeness (QED) is 0.826. The zero-order valence-corrected chi connectivity index (χ0v) is 13.0. The lowest BCUT2D eigenvalue weighted by atomic mass is 10.2. The van der Waals surface area contributed by atoms with Crippen molar-refractivity contribution in [3.05, 3.63) is 22.4 Å². The Morgan fingerprint density at radius 2 is 2.37 bits per heavy atom. The van der Waals surface area contributed by atoms with E-state index in [0.717, 1.165) is 32.6 Å². The smallest absolute Gasteiger partial charge is 0.151 e. The summed E-state index contributed by atoms with van der Waals surface area (Å²) < 4.78 is 22.7. The van der Waals surface area contributed by atoms with Gasteiger partial charge in [-0.05, 0) is 24.4 Å². The molecule has 0 bridgehead atoms. The molecule has 1 atom stereocenters. The Bertz CT molecular complexity index is 471. The van der Waals surface area contributed by atoms with Crippen LogP contribution in [0, 0.1) is 0 Å². The Labute approximate surface area is 119 Å². The minimum Gasteiger partial charge on any atom is -0.312 e. The van der Waals surface area contributed by atoms with Crippen LogP contribution in [0.4, 0.5) is 0 Å². The lowest BCUT2D eigenvalue weighted by Crippen LogP contribution is -2.37. The molecule has 19 heavy (non-hydrogen) atoms. The molecular weight excluding hydrogens is 280 g/mol. The highest BCUT2D eigenvalue weighted by molar-refractivity contribution is 7.91. The molecule has 1 saturated heterocycles. The molecule has 1 aromatic rings. The number of hydrogen-bond acceptors (Lipinski definition) is 5. The fourth-order valence-corrected chi connectivity index (χ4v) is 4.81. The second-order valence-corrected chi connectivity index (χ2v) is 8.26. The van der Waals surface area contributed by atoms with Crippen LogP contribution >= 0.6 is 11.3 Å². The Morgan fingerprint density at radius 3 is 2.95 bits per heavy atom. The monoisotopic (exact) mass is 302 g/mol. The third-order valence-electron chi connectivity index (χ3n) is 3.50. The van der Waals surface area contributed by atoms with Crippen LogP contribution in [0.25, 0.3) is 0 Å². The first-order valence-corrected chi connectivity index (χ1v) is 9.47. The zero-order chi connectivity index (χ0) is 13.7. The highest BCUT2D eigenvalue weighted by atomic mass is 32.2. The van der Waals surface area contributed by atoms with Crippen LogP contribution in [-0.4, -0.2) is 50.5 Å². The molecule has 0 radical (unpaired) electrons. The summed E-state index contributed by atoms with van der Waals surface area (Å²) in [6, 6.07) is 4.39. The number of likely N-dealkylation sites (N-methyl/N-ethyl adjacent to an activating group) is 1. The van der Waals surface area contributed by atoms with Gasteiger partial charge in [0, 0.05) is 30.6 Å². The Hall–Kier alpha value is -0.430. The second kappa shape index (κ2) is 6.83. The molecule has 0 aliphatic carbocycles.